The third-order valence-corrected chi connectivity index (χ3v) is 6.43. The van der Waals surface area contributed by atoms with Crippen molar-refractivity contribution in [2.75, 3.05) is 19.6 Å². The zero-order chi connectivity index (χ0) is 14.5. The summed E-state index contributed by atoms with van der Waals surface area (Å²) in [6.07, 6.45) is 4.80. The summed E-state index contributed by atoms with van der Waals surface area (Å²) in [4.78, 5) is 15.4. The highest BCUT2D eigenvalue weighted by Gasteiger charge is 2.53. The number of hydrogen-bond acceptors (Lipinski definition) is 2. The van der Waals surface area contributed by atoms with Crippen LogP contribution in [-0.4, -0.2) is 36.0 Å². The van der Waals surface area contributed by atoms with Gasteiger partial charge in [0.15, 0.2) is 0 Å². The Morgan fingerprint density at radius 1 is 1.15 bits per heavy atom. The fourth-order valence-electron chi connectivity index (χ4n) is 4.94. The molecule has 2 saturated heterocycles. The molecule has 3 aliphatic rings. The molecule has 3 nitrogen and oxygen atoms in total. The van der Waals surface area contributed by atoms with Crippen LogP contribution in [0.15, 0.2) is 0 Å². The normalized spacial score (nSPS) is 38.8. The van der Waals surface area contributed by atoms with Gasteiger partial charge in [-0.15, -0.1) is 0 Å². The van der Waals surface area contributed by atoms with Gasteiger partial charge in [-0.05, 0) is 43.9 Å². The predicted octanol–water partition coefficient (Wildman–Crippen LogP) is 2.66. The number of amides is 1. The summed E-state index contributed by atoms with van der Waals surface area (Å²) < 4.78 is 0. The Morgan fingerprint density at radius 2 is 1.90 bits per heavy atom. The number of hydrogen-bond donors (Lipinski definition) is 1. The maximum Gasteiger partial charge on any atom is 0.226 e. The second-order valence-electron chi connectivity index (χ2n) is 8.41. The van der Waals surface area contributed by atoms with Gasteiger partial charge in [0.2, 0.25) is 5.91 Å². The van der Waals surface area contributed by atoms with Crippen LogP contribution in [0.4, 0.5) is 0 Å². The second-order valence-corrected chi connectivity index (χ2v) is 8.41. The van der Waals surface area contributed by atoms with Crippen molar-refractivity contribution < 1.29 is 4.79 Å². The van der Waals surface area contributed by atoms with E-state index < -0.39 is 0 Å². The van der Waals surface area contributed by atoms with E-state index in [1.54, 1.807) is 0 Å². The van der Waals surface area contributed by atoms with Crippen LogP contribution < -0.4 is 5.32 Å². The molecule has 0 spiro atoms. The van der Waals surface area contributed by atoms with Gasteiger partial charge in [-0.25, -0.2) is 0 Å². The second kappa shape index (κ2) is 4.72. The number of rotatable bonds is 1. The molecule has 0 aromatic heterocycles. The van der Waals surface area contributed by atoms with Crippen LogP contribution in [0.5, 0.6) is 0 Å². The van der Waals surface area contributed by atoms with Crippen molar-refractivity contribution in [2.45, 2.75) is 58.9 Å². The molecule has 20 heavy (non-hydrogen) atoms. The minimum Gasteiger partial charge on any atom is -0.337 e. The van der Waals surface area contributed by atoms with Gasteiger partial charge >= 0.3 is 0 Å². The van der Waals surface area contributed by atoms with Crippen LogP contribution in [0.25, 0.3) is 0 Å². The van der Waals surface area contributed by atoms with E-state index >= 15 is 0 Å². The molecule has 1 saturated carbocycles. The first kappa shape index (κ1) is 14.4. The fourth-order valence-corrected chi connectivity index (χ4v) is 4.94. The molecule has 1 N–H and O–H groups in total. The average Bonchev–Trinajstić information content (AvgIpc) is 2.91. The summed E-state index contributed by atoms with van der Waals surface area (Å²) in [6, 6.07) is 0. The molecular weight excluding hydrogens is 248 g/mol. The molecule has 3 heteroatoms. The van der Waals surface area contributed by atoms with Crippen LogP contribution in [0.1, 0.15) is 53.4 Å². The minimum atomic E-state index is 0.0266. The number of nitrogens with one attached hydrogen (secondary N) is 1. The van der Waals surface area contributed by atoms with Crippen LogP contribution in [-0.2, 0) is 4.79 Å². The topological polar surface area (TPSA) is 32.3 Å². The fraction of sp³-hybridized carbons (Fsp3) is 0.941. The molecule has 3 fully saturated rings. The molecule has 0 radical (unpaired) electrons. The van der Waals surface area contributed by atoms with E-state index in [0.717, 1.165) is 26.1 Å². The first-order valence-electron chi connectivity index (χ1n) is 8.36. The summed E-state index contributed by atoms with van der Waals surface area (Å²) >= 11 is 0. The summed E-state index contributed by atoms with van der Waals surface area (Å²) in [7, 11) is 0. The lowest BCUT2D eigenvalue weighted by molar-refractivity contribution is -0.145. The molecule has 2 heterocycles. The zero-order valence-electron chi connectivity index (χ0n) is 13.5. The molecule has 0 aromatic carbocycles. The quantitative estimate of drug-likeness (QED) is 0.800. The third-order valence-electron chi connectivity index (χ3n) is 6.43. The highest BCUT2D eigenvalue weighted by atomic mass is 16.2. The molecule has 3 unspecified atom stereocenters. The van der Waals surface area contributed by atoms with Crippen LogP contribution in [0, 0.1) is 23.2 Å². The molecule has 114 valence electrons. The summed E-state index contributed by atoms with van der Waals surface area (Å²) in [5.74, 6) is 1.98. The Bertz CT molecular complexity index is 402. The van der Waals surface area contributed by atoms with Gasteiger partial charge in [-0.2, -0.15) is 0 Å². The molecule has 3 atom stereocenters. The van der Waals surface area contributed by atoms with Gasteiger partial charge in [0.25, 0.3) is 0 Å². The smallest absolute Gasteiger partial charge is 0.226 e. The number of carbonyl (C=O) groups excluding carboxylic acids is 1. The molecule has 0 bridgehead atoms. The van der Waals surface area contributed by atoms with Crippen molar-refractivity contribution in [3.63, 3.8) is 0 Å². The van der Waals surface area contributed by atoms with Crippen molar-refractivity contribution in [3.05, 3.63) is 0 Å². The highest BCUT2D eigenvalue weighted by Crippen LogP contribution is 2.46. The predicted molar refractivity (Wildman–Crippen MR) is 81.4 cm³/mol. The molecule has 3 rings (SSSR count). The van der Waals surface area contributed by atoms with E-state index in [0.29, 0.717) is 17.7 Å². The van der Waals surface area contributed by atoms with Crippen molar-refractivity contribution in [1.82, 2.24) is 10.2 Å². The van der Waals surface area contributed by atoms with E-state index in [4.69, 9.17) is 0 Å². The van der Waals surface area contributed by atoms with E-state index in [-0.39, 0.29) is 16.9 Å². The van der Waals surface area contributed by atoms with E-state index in [1.807, 2.05) is 0 Å². The number of fused-ring (bicyclic) bond motifs is 1. The molecule has 2 aliphatic heterocycles. The highest BCUT2D eigenvalue weighted by molar-refractivity contribution is 5.81. The van der Waals surface area contributed by atoms with E-state index in [1.165, 1.54) is 19.3 Å². The monoisotopic (exact) mass is 278 g/mol. The van der Waals surface area contributed by atoms with Crippen LogP contribution in [0.3, 0.4) is 0 Å². The Hall–Kier alpha value is -0.570. The molecule has 1 aliphatic carbocycles. The number of carbonyl (C=O) groups is 1. The van der Waals surface area contributed by atoms with Crippen molar-refractivity contribution in [3.8, 4) is 0 Å². The van der Waals surface area contributed by atoms with E-state index in [9.17, 15) is 4.79 Å². The Kier molecular flexibility index (Phi) is 3.39. The average molecular weight is 278 g/mol. The van der Waals surface area contributed by atoms with Gasteiger partial charge in [0.1, 0.15) is 0 Å². The van der Waals surface area contributed by atoms with Gasteiger partial charge in [0.05, 0.1) is 0 Å². The molecular formula is C17H30N2O. The Balaban J connectivity index is 1.80. The van der Waals surface area contributed by atoms with Crippen LogP contribution in [0.2, 0.25) is 0 Å². The third kappa shape index (κ3) is 2.09. The van der Waals surface area contributed by atoms with Gasteiger partial charge < -0.3 is 10.2 Å². The lowest BCUT2D eigenvalue weighted by atomic mass is 9.68. The van der Waals surface area contributed by atoms with Crippen molar-refractivity contribution >= 4 is 5.91 Å². The standard InChI is InChI=1S/C17H30N2O/c1-16(2)8-6-5-7-13(16)15(20)19-11-12-9-18-10-14(12)17(19,3)4/h12-14,18H,5-11H2,1-4H3. The Morgan fingerprint density at radius 3 is 2.55 bits per heavy atom. The number of likely N-dealkylation sites (tertiary alicyclic amines) is 1. The Labute approximate surface area is 123 Å². The largest absolute Gasteiger partial charge is 0.337 e. The van der Waals surface area contributed by atoms with Gasteiger partial charge in [-0.1, -0.05) is 26.7 Å². The maximum atomic E-state index is 13.2. The maximum absolute atomic E-state index is 13.2. The molecule has 1 amide bonds. The minimum absolute atomic E-state index is 0.0266. The lowest BCUT2D eigenvalue weighted by Gasteiger charge is -2.43. The SMILES string of the molecule is CC1(C)CCCCC1C(=O)N1CC2CNCC2C1(C)C. The zero-order valence-corrected chi connectivity index (χ0v) is 13.5. The first-order valence-corrected chi connectivity index (χ1v) is 8.36. The van der Waals surface area contributed by atoms with E-state index in [2.05, 4.69) is 37.9 Å². The summed E-state index contributed by atoms with van der Waals surface area (Å²) in [6.45, 7) is 12.3. The van der Waals surface area contributed by atoms with Crippen molar-refractivity contribution in [2.24, 2.45) is 23.2 Å². The first-order chi connectivity index (χ1) is 9.34. The summed E-state index contributed by atoms with van der Waals surface area (Å²) in [5.41, 5.74) is 0.208. The number of nitrogens with zero attached hydrogens (tertiary/aromatic N) is 1. The van der Waals surface area contributed by atoms with Crippen molar-refractivity contribution in [1.29, 1.82) is 0 Å². The van der Waals surface area contributed by atoms with Gasteiger partial charge in [0, 0.05) is 31.1 Å². The lowest BCUT2D eigenvalue weighted by Crippen LogP contribution is -2.52. The molecule has 0 aromatic rings. The summed E-state index contributed by atoms with van der Waals surface area (Å²) in [5, 5.41) is 3.50. The van der Waals surface area contributed by atoms with Crippen LogP contribution >= 0.6 is 0 Å². The van der Waals surface area contributed by atoms with Gasteiger partial charge in [-0.3, -0.25) is 4.79 Å².